The molecular formula is C22H19N3O. The van der Waals surface area contributed by atoms with Gasteiger partial charge in [-0.25, -0.2) is 0 Å². The van der Waals surface area contributed by atoms with Crippen molar-refractivity contribution in [2.24, 2.45) is 10.7 Å². The van der Waals surface area contributed by atoms with E-state index in [9.17, 15) is 4.79 Å². The molecular weight excluding hydrogens is 322 g/mol. The molecule has 1 atom stereocenters. The highest BCUT2D eigenvalue weighted by Crippen LogP contribution is 2.34. The Hall–Kier alpha value is -3.24. The Balaban J connectivity index is 1.75. The average molecular weight is 341 g/mol. The van der Waals surface area contributed by atoms with Crippen LogP contribution in [0.25, 0.3) is 0 Å². The summed E-state index contributed by atoms with van der Waals surface area (Å²) in [7, 11) is 0. The number of benzene rings is 3. The Bertz CT molecular complexity index is 912. The summed E-state index contributed by atoms with van der Waals surface area (Å²) in [4.78, 5) is 19.7. The summed E-state index contributed by atoms with van der Waals surface area (Å²) in [6.07, 6.45) is 1.77. The molecule has 4 nitrogen and oxygen atoms in total. The summed E-state index contributed by atoms with van der Waals surface area (Å²) < 4.78 is 0. The zero-order chi connectivity index (χ0) is 17.9. The maximum Gasteiger partial charge on any atom is 0.260 e. The predicted octanol–water partition coefficient (Wildman–Crippen LogP) is 3.98. The molecule has 1 heterocycles. The van der Waals surface area contributed by atoms with Gasteiger partial charge in [-0.15, -0.1) is 0 Å². The van der Waals surface area contributed by atoms with Crippen LogP contribution in [0.2, 0.25) is 0 Å². The van der Waals surface area contributed by atoms with Gasteiger partial charge in [0.05, 0.1) is 0 Å². The molecule has 0 saturated heterocycles. The predicted molar refractivity (Wildman–Crippen MR) is 105 cm³/mol. The van der Waals surface area contributed by atoms with Crippen molar-refractivity contribution in [2.75, 3.05) is 4.90 Å². The van der Waals surface area contributed by atoms with E-state index < -0.39 is 6.04 Å². The minimum absolute atomic E-state index is 0.0714. The van der Waals surface area contributed by atoms with E-state index in [1.807, 2.05) is 78.9 Å². The van der Waals surface area contributed by atoms with Crippen molar-refractivity contribution in [3.63, 3.8) is 0 Å². The highest BCUT2D eigenvalue weighted by molar-refractivity contribution is 6.07. The average Bonchev–Trinajstić information content (AvgIpc) is 3.13. The molecule has 26 heavy (non-hydrogen) atoms. The monoisotopic (exact) mass is 341 g/mol. The molecule has 1 amide bonds. The molecule has 0 bridgehead atoms. The van der Waals surface area contributed by atoms with Crippen LogP contribution in [0.15, 0.2) is 83.9 Å². The van der Waals surface area contributed by atoms with Crippen LogP contribution < -0.4 is 10.6 Å². The molecule has 1 aliphatic rings. The van der Waals surface area contributed by atoms with E-state index in [-0.39, 0.29) is 5.91 Å². The SMILES string of the molecule is NCc1ccc2c(c1)C=NC2C(=O)N(c1ccccc1)c1ccccc1. The van der Waals surface area contributed by atoms with Crippen LogP contribution in [0.3, 0.4) is 0 Å². The van der Waals surface area contributed by atoms with Crippen LogP contribution in [0, 0.1) is 0 Å². The highest BCUT2D eigenvalue weighted by Gasteiger charge is 2.31. The number of nitrogens with zero attached hydrogens (tertiary/aromatic N) is 2. The molecule has 3 aromatic rings. The van der Waals surface area contributed by atoms with Gasteiger partial charge in [0.25, 0.3) is 5.91 Å². The van der Waals surface area contributed by atoms with Crippen LogP contribution in [-0.4, -0.2) is 12.1 Å². The number of para-hydroxylation sites is 2. The lowest BCUT2D eigenvalue weighted by Gasteiger charge is -2.25. The third-order valence-corrected chi connectivity index (χ3v) is 4.53. The summed E-state index contributed by atoms with van der Waals surface area (Å²) in [6, 6.07) is 24.7. The molecule has 0 aliphatic carbocycles. The number of anilines is 2. The molecule has 1 unspecified atom stereocenters. The molecule has 0 aromatic heterocycles. The van der Waals surface area contributed by atoms with E-state index in [1.54, 1.807) is 11.1 Å². The van der Waals surface area contributed by atoms with Crippen LogP contribution in [-0.2, 0) is 11.3 Å². The fourth-order valence-corrected chi connectivity index (χ4v) is 3.22. The van der Waals surface area contributed by atoms with Crippen LogP contribution in [0.1, 0.15) is 22.7 Å². The number of hydrogen-bond donors (Lipinski definition) is 1. The molecule has 0 saturated carbocycles. The number of rotatable bonds is 4. The fourth-order valence-electron chi connectivity index (χ4n) is 3.22. The second-order valence-corrected chi connectivity index (χ2v) is 6.19. The Morgan fingerprint density at radius 1 is 0.923 bits per heavy atom. The van der Waals surface area contributed by atoms with Crippen LogP contribution in [0.4, 0.5) is 11.4 Å². The van der Waals surface area contributed by atoms with Gasteiger partial charge in [0.1, 0.15) is 0 Å². The molecule has 4 heteroatoms. The lowest BCUT2D eigenvalue weighted by Crippen LogP contribution is -2.30. The van der Waals surface area contributed by atoms with Crippen molar-refractivity contribution in [3.05, 3.63) is 95.6 Å². The fraction of sp³-hybridized carbons (Fsp3) is 0.0909. The van der Waals surface area contributed by atoms with Gasteiger partial charge in [0.2, 0.25) is 0 Å². The molecule has 128 valence electrons. The molecule has 0 spiro atoms. The van der Waals surface area contributed by atoms with E-state index in [4.69, 9.17) is 5.73 Å². The van der Waals surface area contributed by atoms with Gasteiger partial charge < -0.3 is 5.73 Å². The lowest BCUT2D eigenvalue weighted by atomic mass is 10.00. The highest BCUT2D eigenvalue weighted by atomic mass is 16.2. The second-order valence-electron chi connectivity index (χ2n) is 6.19. The van der Waals surface area contributed by atoms with Gasteiger partial charge in [0, 0.05) is 24.1 Å². The number of carbonyl (C=O) groups excluding carboxylic acids is 1. The first-order chi connectivity index (χ1) is 12.8. The first kappa shape index (κ1) is 16.2. The van der Waals surface area contributed by atoms with Gasteiger partial charge in [-0.05, 0) is 47.0 Å². The molecule has 4 rings (SSSR count). The zero-order valence-corrected chi connectivity index (χ0v) is 14.2. The summed E-state index contributed by atoms with van der Waals surface area (Å²) >= 11 is 0. The van der Waals surface area contributed by atoms with Crippen molar-refractivity contribution in [3.8, 4) is 0 Å². The first-order valence-electron chi connectivity index (χ1n) is 8.58. The number of amides is 1. The number of aliphatic imine (C=N–C) groups is 1. The second kappa shape index (κ2) is 6.94. The van der Waals surface area contributed by atoms with Gasteiger partial charge in [-0.2, -0.15) is 0 Å². The van der Waals surface area contributed by atoms with Gasteiger partial charge in [-0.1, -0.05) is 48.5 Å². The van der Waals surface area contributed by atoms with Gasteiger partial charge in [0.15, 0.2) is 6.04 Å². The van der Waals surface area contributed by atoms with Crippen molar-refractivity contribution < 1.29 is 4.79 Å². The standard InChI is InChI=1S/C22H19N3O/c23-14-16-11-12-20-17(13-16)15-24-21(20)22(26)25(18-7-3-1-4-8-18)19-9-5-2-6-10-19/h1-13,15,21H,14,23H2. The third-order valence-electron chi connectivity index (χ3n) is 4.53. The van der Waals surface area contributed by atoms with E-state index >= 15 is 0 Å². The molecule has 0 fully saturated rings. The third kappa shape index (κ3) is 2.91. The Labute approximate surface area is 152 Å². The summed E-state index contributed by atoms with van der Waals surface area (Å²) in [5, 5.41) is 0. The quantitative estimate of drug-likeness (QED) is 0.780. The topological polar surface area (TPSA) is 58.7 Å². The van der Waals surface area contributed by atoms with Crippen molar-refractivity contribution in [1.29, 1.82) is 0 Å². The zero-order valence-electron chi connectivity index (χ0n) is 14.2. The number of nitrogens with two attached hydrogens (primary N) is 1. The van der Waals surface area contributed by atoms with Crippen LogP contribution in [0.5, 0.6) is 0 Å². The first-order valence-corrected chi connectivity index (χ1v) is 8.58. The lowest BCUT2D eigenvalue weighted by molar-refractivity contribution is -0.119. The van der Waals surface area contributed by atoms with E-state index in [0.717, 1.165) is 28.1 Å². The summed E-state index contributed by atoms with van der Waals surface area (Å²) in [6.45, 7) is 0.472. The van der Waals surface area contributed by atoms with Crippen molar-refractivity contribution in [2.45, 2.75) is 12.6 Å². The largest absolute Gasteiger partial charge is 0.326 e. The maximum absolute atomic E-state index is 13.5. The number of hydrogen-bond acceptors (Lipinski definition) is 3. The number of carbonyl (C=O) groups is 1. The van der Waals surface area contributed by atoms with Crippen molar-refractivity contribution >= 4 is 23.5 Å². The Morgan fingerprint density at radius 3 is 2.12 bits per heavy atom. The normalized spacial score (nSPS) is 14.9. The molecule has 2 N–H and O–H groups in total. The van der Waals surface area contributed by atoms with E-state index in [0.29, 0.717) is 6.54 Å². The van der Waals surface area contributed by atoms with E-state index in [2.05, 4.69) is 4.99 Å². The Morgan fingerprint density at radius 2 is 1.54 bits per heavy atom. The molecule has 3 aromatic carbocycles. The molecule has 0 radical (unpaired) electrons. The van der Waals surface area contributed by atoms with E-state index in [1.165, 1.54) is 0 Å². The Kier molecular flexibility index (Phi) is 4.33. The van der Waals surface area contributed by atoms with Crippen molar-refractivity contribution in [1.82, 2.24) is 0 Å². The van der Waals surface area contributed by atoms with Gasteiger partial charge >= 0.3 is 0 Å². The van der Waals surface area contributed by atoms with Gasteiger partial charge in [-0.3, -0.25) is 14.7 Å². The molecule has 1 aliphatic heterocycles. The number of fused-ring (bicyclic) bond motifs is 1. The smallest absolute Gasteiger partial charge is 0.260 e. The summed E-state index contributed by atoms with van der Waals surface area (Å²) in [5.74, 6) is -0.0714. The summed E-state index contributed by atoms with van der Waals surface area (Å²) in [5.41, 5.74) is 10.3. The van der Waals surface area contributed by atoms with Crippen LogP contribution >= 0.6 is 0 Å². The minimum Gasteiger partial charge on any atom is -0.326 e. The maximum atomic E-state index is 13.5. The minimum atomic E-state index is -0.544.